The van der Waals surface area contributed by atoms with Crippen molar-refractivity contribution in [2.24, 2.45) is 0 Å². The molecule has 98 valence electrons. The third kappa shape index (κ3) is 3.25. The molecule has 0 saturated carbocycles. The van der Waals surface area contributed by atoms with E-state index in [1.54, 1.807) is 0 Å². The van der Waals surface area contributed by atoms with Crippen LogP contribution in [0.5, 0.6) is 0 Å². The Morgan fingerprint density at radius 1 is 1.00 bits per heavy atom. The van der Waals surface area contributed by atoms with E-state index in [4.69, 9.17) is 0 Å². The van der Waals surface area contributed by atoms with E-state index in [9.17, 15) is 13.6 Å². The number of rotatable bonds is 3. The van der Waals surface area contributed by atoms with Crippen molar-refractivity contribution >= 4 is 5.78 Å². The fourth-order valence-electron chi connectivity index (χ4n) is 2.17. The van der Waals surface area contributed by atoms with Crippen LogP contribution < -0.4 is 0 Å². The second kappa shape index (κ2) is 5.31. The minimum atomic E-state index is -0.811. The highest BCUT2D eigenvalue weighted by molar-refractivity contribution is 5.97. The molecule has 0 fully saturated rings. The third-order valence-corrected chi connectivity index (χ3v) is 2.88. The van der Waals surface area contributed by atoms with Gasteiger partial charge in [-0.25, -0.2) is 8.78 Å². The molecule has 0 aromatic heterocycles. The second-order valence-corrected chi connectivity index (χ2v) is 4.72. The molecule has 19 heavy (non-hydrogen) atoms. The van der Waals surface area contributed by atoms with Crippen molar-refractivity contribution < 1.29 is 13.6 Å². The van der Waals surface area contributed by atoms with E-state index in [0.29, 0.717) is 0 Å². The van der Waals surface area contributed by atoms with Gasteiger partial charge in [0, 0.05) is 12.5 Å². The number of benzene rings is 2. The zero-order valence-corrected chi connectivity index (χ0v) is 10.8. The van der Waals surface area contributed by atoms with Gasteiger partial charge in [0.05, 0.1) is 5.56 Å². The van der Waals surface area contributed by atoms with Gasteiger partial charge in [0.15, 0.2) is 5.78 Å². The first-order valence-electron chi connectivity index (χ1n) is 6.01. The topological polar surface area (TPSA) is 17.1 Å². The van der Waals surface area contributed by atoms with Crippen LogP contribution >= 0.6 is 0 Å². The van der Waals surface area contributed by atoms with E-state index in [-0.39, 0.29) is 17.8 Å². The Kier molecular flexibility index (Phi) is 3.74. The van der Waals surface area contributed by atoms with Crippen molar-refractivity contribution in [2.75, 3.05) is 0 Å². The van der Waals surface area contributed by atoms with E-state index >= 15 is 0 Å². The molecule has 0 aliphatic heterocycles. The van der Waals surface area contributed by atoms with E-state index < -0.39 is 11.6 Å². The summed E-state index contributed by atoms with van der Waals surface area (Å²) in [4.78, 5) is 12.0. The Morgan fingerprint density at radius 2 is 1.63 bits per heavy atom. The van der Waals surface area contributed by atoms with Gasteiger partial charge in [-0.15, -0.1) is 0 Å². The van der Waals surface area contributed by atoms with E-state index in [2.05, 4.69) is 0 Å². The summed E-state index contributed by atoms with van der Waals surface area (Å²) in [6.45, 7) is 3.89. The first-order chi connectivity index (χ1) is 8.95. The predicted molar refractivity (Wildman–Crippen MR) is 70.3 cm³/mol. The van der Waals surface area contributed by atoms with Crippen molar-refractivity contribution in [3.05, 3.63) is 70.3 Å². The van der Waals surface area contributed by atoms with Crippen LogP contribution in [-0.4, -0.2) is 5.78 Å². The van der Waals surface area contributed by atoms with Gasteiger partial charge in [0.2, 0.25) is 0 Å². The van der Waals surface area contributed by atoms with Crippen LogP contribution in [0.2, 0.25) is 0 Å². The highest BCUT2D eigenvalue weighted by Gasteiger charge is 2.13. The maximum absolute atomic E-state index is 13.5. The molecule has 0 amide bonds. The molecule has 2 aromatic carbocycles. The predicted octanol–water partition coefficient (Wildman–Crippen LogP) is 4.01. The number of carbonyl (C=O) groups is 1. The number of halogens is 2. The van der Waals surface area contributed by atoms with Crippen molar-refractivity contribution in [1.82, 2.24) is 0 Å². The maximum Gasteiger partial charge on any atom is 0.170 e. The number of ketones is 1. The molecule has 0 aliphatic rings. The fourth-order valence-corrected chi connectivity index (χ4v) is 2.17. The number of Topliss-reactive ketones (excluding diaryl/α,β-unsaturated/α-hetero) is 1. The molecule has 2 rings (SSSR count). The van der Waals surface area contributed by atoms with Crippen LogP contribution in [0.1, 0.15) is 27.0 Å². The minimum absolute atomic E-state index is 0.0689. The lowest BCUT2D eigenvalue weighted by molar-refractivity contribution is 0.0989. The molecule has 0 saturated heterocycles. The van der Waals surface area contributed by atoms with Crippen LogP contribution in [0, 0.1) is 25.5 Å². The average molecular weight is 260 g/mol. The molecule has 0 bridgehead atoms. The van der Waals surface area contributed by atoms with Crippen LogP contribution in [-0.2, 0) is 6.42 Å². The normalized spacial score (nSPS) is 10.5. The Morgan fingerprint density at radius 3 is 2.21 bits per heavy atom. The van der Waals surface area contributed by atoms with E-state index in [1.807, 2.05) is 32.0 Å². The van der Waals surface area contributed by atoms with Gasteiger partial charge >= 0.3 is 0 Å². The highest BCUT2D eigenvalue weighted by Crippen LogP contribution is 2.15. The average Bonchev–Trinajstić information content (AvgIpc) is 2.26. The summed E-state index contributed by atoms with van der Waals surface area (Å²) in [6.07, 6.45) is 0.116. The van der Waals surface area contributed by atoms with Gasteiger partial charge in [-0.05, 0) is 31.5 Å². The molecule has 1 nitrogen and oxygen atoms in total. The molecule has 0 radical (unpaired) electrons. The molecule has 0 aliphatic carbocycles. The molecule has 0 spiro atoms. The maximum atomic E-state index is 13.5. The summed E-state index contributed by atoms with van der Waals surface area (Å²) in [5.74, 6) is -1.84. The summed E-state index contributed by atoms with van der Waals surface area (Å²) in [5, 5.41) is 0. The summed E-state index contributed by atoms with van der Waals surface area (Å²) in [7, 11) is 0. The zero-order valence-electron chi connectivity index (χ0n) is 10.8. The monoisotopic (exact) mass is 260 g/mol. The first kappa shape index (κ1) is 13.4. The first-order valence-corrected chi connectivity index (χ1v) is 6.01. The Hall–Kier alpha value is -2.03. The minimum Gasteiger partial charge on any atom is -0.294 e. The molecule has 0 N–H and O–H groups in total. The van der Waals surface area contributed by atoms with Crippen molar-refractivity contribution in [3.8, 4) is 0 Å². The van der Waals surface area contributed by atoms with Crippen LogP contribution in [0.3, 0.4) is 0 Å². The third-order valence-electron chi connectivity index (χ3n) is 2.88. The van der Waals surface area contributed by atoms with Gasteiger partial charge in [0.1, 0.15) is 11.6 Å². The summed E-state index contributed by atoms with van der Waals surface area (Å²) < 4.78 is 26.3. The summed E-state index contributed by atoms with van der Waals surface area (Å²) in [6, 6.07) is 8.81. The van der Waals surface area contributed by atoms with Gasteiger partial charge < -0.3 is 0 Å². The van der Waals surface area contributed by atoms with Crippen molar-refractivity contribution in [2.45, 2.75) is 20.3 Å². The molecular weight excluding hydrogens is 246 g/mol. The molecule has 0 unspecified atom stereocenters. The van der Waals surface area contributed by atoms with Gasteiger partial charge in [-0.1, -0.05) is 29.3 Å². The summed E-state index contributed by atoms with van der Waals surface area (Å²) in [5.41, 5.74) is 2.89. The highest BCUT2D eigenvalue weighted by atomic mass is 19.1. The number of hydrogen-bond acceptors (Lipinski definition) is 1. The quantitative estimate of drug-likeness (QED) is 0.762. The zero-order chi connectivity index (χ0) is 14.0. The van der Waals surface area contributed by atoms with Crippen LogP contribution in [0.15, 0.2) is 36.4 Å². The number of aryl methyl sites for hydroxylation is 2. The molecule has 2 aromatic rings. The lowest BCUT2D eigenvalue weighted by Gasteiger charge is -2.05. The van der Waals surface area contributed by atoms with E-state index in [1.165, 1.54) is 6.07 Å². The second-order valence-electron chi connectivity index (χ2n) is 4.72. The van der Waals surface area contributed by atoms with Gasteiger partial charge in [-0.3, -0.25) is 4.79 Å². The van der Waals surface area contributed by atoms with E-state index in [0.717, 1.165) is 28.8 Å². The SMILES string of the molecule is Cc1cc(C)cc(CC(=O)c2ccc(F)cc2F)c1. The lowest BCUT2D eigenvalue weighted by Crippen LogP contribution is -2.07. The van der Waals surface area contributed by atoms with Crippen LogP contribution in [0.4, 0.5) is 8.78 Å². The molecular formula is C16H14F2O. The molecule has 3 heteroatoms. The smallest absolute Gasteiger partial charge is 0.170 e. The van der Waals surface area contributed by atoms with Crippen LogP contribution in [0.25, 0.3) is 0 Å². The number of hydrogen-bond donors (Lipinski definition) is 0. The van der Waals surface area contributed by atoms with Gasteiger partial charge in [0.25, 0.3) is 0 Å². The summed E-state index contributed by atoms with van der Waals surface area (Å²) >= 11 is 0. The molecule has 0 heterocycles. The number of carbonyl (C=O) groups excluding carboxylic acids is 1. The van der Waals surface area contributed by atoms with Crippen molar-refractivity contribution in [1.29, 1.82) is 0 Å². The fraction of sp³-hybridized carbons (Fsp3) is 0.188. The van der Waals surface area contributed by atoms with Gasteiger partial charge in [-0.2, -0.15) is 0 Å². The largest absolute Gasteiger partial charge is 0.294 e. The Labute approximate surface area is 110 Å². The molecule has 0 atom stereocenters. The lowest BCUT2D eigenvalue weighted by atomic mass is 9.99. The Balaban J connectivity index is 2.25. The standard InChI is InChI=1S/C16H14F2O/c1-10-5-11(2)7-12(6-10)8-16(19)14-4-3-13(17)9-15(14)18/h3-7,9H,8H2,1-2H3. The Bertz CT molecular complexity index is 612. The van der Waals surface area contributed by atoms with Crippen molar-refractivity contribution in [3.63, 3.8) is 0 Å².